The summed E-state index contributed by atoms with van der Waals surface area (Å²) in [4.78, 5) is 14.8. The van der Waals surface area contributed by atoms with Gasteiger partial charge in [0.05, 0.1) is 0 Å². The number of nitrogens with zero attached hydrogens (tertiary/aromatic N) is 4. The summed E-state index contributed by atoms with van der Waals surface area (Å²) in [6.07, 6.45) is 5.06. The molecule has 0 bridgehead atoms. The van der Waals surface area contributed by atoms with Crippen LogP contribution in [0, 0.1) is 0 Å². The molecule has 0 aliphatic carbocycles. The maximum atomic E-state index is 12.3. The van der Waals surface area contributed by atoms with E-state index in [0.29, 0.717) is 18.1 Å². The lowest BCUT2D eigenvalue weighted by Gasteiger charge is -2.32. The maximum absolute atomic E-state index is 12.3. The van der Waals surface area contributed by atoms with Crippen LogP contribution in [0.3, 0.4) is 0 Å². The van der Waals surface area contributed by atoms with Crippen LogP contribution in [-0.4, -0.2) is 38.7 Å². The highest BCUT2D eigenvalue weighted by molar-refractivity contribution is 6.30. The molecular formula is C20H23ClN4O. The maximum Gasteiger partial charge on any atom is 0.350 e. The number of halogens is 1. The van der Waals surface area contributed by atoms with E-state index in [1.54, 1.807) is 15.3 Å². The number of rotatable bonds is 5. The van der Waals surface area contributed by atoms with E-state index in [2.05, 4.69) is 22.1 Å². The van der Waals surface area contributed by atoms with Crippen LogP contribution in [0.1, 0.15) is 30.7 Å². The van der Waals surface area contributed by atoms with Crippen molar-refractivity contribution < 1.29 is 0 Å². The minimum Gasteiger partial charge on any atom is -0.303 e. The molecule has 3 heterocycles. The number of hydrogen-bond acceptors (Lipinski definition) is 3. The average Bonchev–Trinajstić information content (AvgIpc) is 2.99. The van der Waals surface area contributed by atoms with Gasteiger partial charge in [-0.3, -0.25) is 4.40 Å². The first-order valence-electron chi connectivity index (χ1n) is 9.23. The Morgan fingerprint density at radius 1 is 1.04 bits per heavy atom. The lowest BCUT2D eigenvalue weighted by atomic mass is 9.89. The highest BCUT2D eigenvalue weighted by atomic mass is 35.5. The van der Waals surface area contributed by atoms with E-state index in [1.165, 1.54) is 18.4 Å². The predicted octanol–water partition coefficient (Wildman–Crippen LogP) is 3.42. The molecule has 0 atom stereocenters. The Labute approximate surface area is 157 Å². The van der Waals surface area contributed by atoms with Crippen LogP contribution in [0.25, 0.3) is 5.65 Å². The van der Waals surface area contributed by atoms with Crippen LogP contribution in [0.4, 0.5) is 0 Å². The van der Waals surface area contributed by atoms with Gasteiger partial charge in [-0.15, -0.1) is 5.10 Å². The molecule has 136 valence electrons. The number of aromatic nitrogens is 3. The Morgan fingerprint density at radius 3 is 2.54 bits per heavy atom. The van der Waals surface area contributed by atoms with Crippen molar-refractivity contribution in [2.24, 2.45) is 0 Å². The third-order valence-electron chi connectivity index (χ3n) is 5.26. The van der Waals surface area contributed by atoms with Crippen molar-refractivity contribution in [2.45, 2.75) is 31.7 Å². The third-order valence-corrected chi connectivity index (χ3v) is 5.51. The molecule has 0 spiro atoms. The smallest absolute Gasteiger partial charge is 0.303 e. The minimum absolute atomic E-state index is 0.0537. The Balaban J connectivity index is 1.28. The predicted molar refractivity (Wildman–Crippen MR) is 104 cm³/mol. The van der Waals surface area contributed by atoms with Gasteiger partial charge in [0.2, 0.25) is 0 Å². The highest BCUT2D eigenvalue weighted by Crippen LogP contribution is 2.28. The van der Waals surface area contributed by atoms with Crippen molar-refractivity contribution in [1.29, 1.82) is 0 Å². The van der Waals surface area contributed by atoms with E-state index in [1.807, 2.05) is 30.3 Å². The molecule has 1 saturated heterocycles. The van der Waals surface area contributed by atoms with Crippen molar-refractivity contribution in [3.8, 4) is 0 Å². The van der Waals surface area contributed by atoms with Gasteiger partial charge in [0.1, 0.15) is 0 Å². The number of aryl methyl sites for hydroxylation is 1. The molecule has 3 aromatic rings. The molecule has 0 N–H and O–H groups in total. The van der Waals surface area contributed by atoms with E-state index >= 15 is 0 Å². The summed E-state index contributed by atoms with van der Waals surface area (Å²) < 4.78 is 3.17. The lowest BCUT2D eigenvalue weighted by Crippen LogP contribution is -2.34. The summed E-state index contributed by atoms with van der Waals surface area (Å²) >= 11 is 5.98. The van der Waals surface area contributed by atoms with Gasteiger partial charge < -0.3 is 4.90 Å². The van der Waals surface area contributed by atoms with Crippen molar-refractivity contribution >= 4 is 17.2 Å². The molecule has 0 unspecified atom stereocenters. The number of fused-ring (bicyclic) bond motifs is 1. The van der Waals surface area contributed by atoms with Gasteiger partial charge in [-0.2, -0.15) is 0 Å². The largest absolute Gasteiger partial charge is 0.350 e. The quantitative estimate of drug-likeness (QED) is 0.691. The average molecular weight is 371 g/mol. The molecule has 0 radical (unpaired) electrons. The summed E-state index contributed by atoms with van der Waals surface area (Å²) in [5, 5.41) is 5.19. The van der Waals surface area contributed by atoms with Crippen LogP contribution < -0.4 is 5.69 Å². The van der Waals surface area contributed by atoms with Crippen molar-refractivity contribution in [2.75, 3.05) is 19.6 Å². The van der Waals surface area contributed by atoms with Gasteiger partial charge in [0, 0.05) is 17.8 Å². The summed E-state index contributed by atoms with van der Waals surface area (Å²) in [5.74, 6) is 0.629. The van der Waals surface area contributed by atoms with Gasteiger partial charge in [0.25, 0.3) is 0 Å². The molecule has 5 nitrogen and oxygen atoms in total. The molecule has 1 aromatic carbocycles. The molecule has 1 aliphatic heterocycles. The molecule has 2 aromatic heterocycles. The summed E-state index contributed by atoms with van der Waals surface area (Å²) in [7, 11) is 0. The zero-order valence-electron chi connectivity index (χ0n) is 14.7. The van der Waals surface area contributed by atoms with Crippen molar-refractivity contribution in [3.63, 3.8) is 0 Å². The molecule has 6 heteroatoms. The monoisotopic (exact) mass is 370 g/mol. The third kappa shape index (κ3) is 3.69. The Hall–Kier alpha value is -2.11. The van der Waals surface area contributed by atoms with Crippen LogP contribution in [0.15, 0.2) is 53.5 Å². The van der Waals surface area contributed by atoms with E-state index in [4.69, 9.17) is 11.6 Å². The number of piperidine rings is 1. The minimum atomic E-state index is -0.0537. The van der Waals surface area contributed by atoms with E-state index in [-0.39, 0.29) is 5.69 Å². The first kappa shape index (κ1) is 17.3. The molecule has 0 amide bonds. The second kappa shape index (κ2) is 7.64. The van der Waals surface area contributed by atoms with Gasteiger partial charge in [-0.25, -0.2) is 9.48 Å². The number of benzene rings is 1. The summed E-state index contributed by atoms with van der Waals surface area (Å²) in [6, 6.07) is 13.9. The first-order valence-corrected chi connectivity index (χ1v) is 9.60. The SMILES string of the molecule is O=c1n(CCCN2CCC(c3ccc(Cl)cc3)CC2)nc2ccccn12. The van der Waals surface area contributed by atoms with Crippen LogP contribution >= 0.6 is 11.6 Å². The van der Waals surface area contributed by atoms with Crippen LogP contribution in [-0.2, 0) is 6.54 Å². The van der Waals surface area contributed by atoms with Crippen molar-refractivity contribution in [1.82, 2.24) is 19.1 Å². The summed E-state index contributed by atoms with van der Waals surface area (Å²) in [6.45, 7) is 3.88. The Bertz CT molecular complexity index is 923. The topological polar surface area (TPSA) is 42.5 Å². The molecule has 26 heavy (non-hydrogen) atoms. The summed E-state index contributed by atoms with van der Waals surface area (Å²) in [5.41, 5.74) is 2.05. The Kier molecular flexibility index (Phi) is 5.09. The zero-order chi connectivity index (χ0) is 17.9. The van der Waals surface area contributed by atoms with E-state index in [0.717, 1.165) is 31.1 Å². The number of pyridine rings is 1. The van der Waals surface area contributed by atoms with E-state index in [9.17, 15) is 4.79 Å². The van der Waals surface area contributed by atoms with Gasteiger partial charge in [-0.05, 0) is 74.6 Å². The molecule has 4 rings (SSSR count). The first-order chi connectivity index (χ1) is 12.7. The van der Waals surface area contributed by atoms with Crippen LogP contribution in [0.5, 0.6) is 0 Å². The lowest BCUT2D eigenvalue weighted by molar-refractivity contribution is 0.206. The fourth-order valence-corrected chi connectivity index (χ4v) is 3.91. The molecule has 1 fully saturated rings. The Morgan fingerprint density at radius 2 is 1.81 bits per heavy atom. The van der Waals surface area contributed by atoms with Crippen LogP contribution in [0.2, 0.25) is 5.02 Å². The fraction of sp³-hybridized carbons (Fsp3) is 0.400. The zero-order valence-corrected chi connectivity index (χ0v) is 15.5. The van der Waals surface area contributed by atoms with E-state index < -0.39 is 0 Å². The second-order valence-corrected chi connectivity index (χ2v) is 7.39. The number of hydrogen-bond donors (Lipinski definition) is 0. The molecular weight excluding hydrogens is 348 g/mol. The highest BCUT2D eigenvalue weighted by Gasteiger charge is 2.20. The second-order valence-electron chi connectivity index (χ2n) is 6.96. The van der Waals surface area contributed by atoms with Gasteiger partial charge >= 0.3 is 5.69 Å². The molecule has 1 aliphatic rings. The fourth-order valence-electron chi connectivity index (χ4n) is 3.78. The van der Waals surface area contributed by atoms with Gasteiger partial charge in [0.15, 0.2) is 5.65 Å². The normalized spacial score (nSPS) is 16.3. The van der Waals surface area contributed by atoms with Gasteiger partial charge in [-0.1, -0.05) is 29.8 Å². The number of likely N-dealkylation sites (tertiary alicyclic amines) is 1. The standard InChI is InChI=1S/C20H23ClN4O/c21-18-7-5-16(6-8-18)17-9-14-23(15-10-17)11-3-13-25-20(26)24-12-2-1-4-19(24)22-25/h1-2,4-8,12,17H,3,9-11,13-15H2. The van der Waals surface area contributed by atoms with Crippen molar-refractivity contribution in [3.05, 3.63) is 69.7 Å². The molecule has 0 saturated carbocycles.